The van der Waals surface area contributed by atoms with Gasteiger partial charge in [-0.1, -0.05) is 20.8 Å². The lowest BCUT2D eigenvalue weighted by atomic mass is 9.84. The van der Waals surface area contributed by atoms with E-state index in [0.717, 1.165) is 13.0 Å². The molecule has 122 valence electrons. The van der Waals surface area contributed by atoms with Gasteiger partial charge in [0.1, 0.15) is 0 Å². The Hall–Kier alpha value is -1.85. The zero-order valence-electron chi connectivity index (χ0n) is 13.5. The van der Waals surface area contributed by atoms with Crippen LogP contribution < -0.4 is 0 Å². The summed E-state index contributed by atoms with van der Waals surface area (Å²) in [7, 11) is 0. The van der Waals surface area contributed by atoms with Crippen LogP contribution >= 0.6 is 0 Å². The molecule has 0 aromatic carbocycles. The van der Waals surface area contributed by atoms with Crippen molar-refractivity contribution < 1.29 is 14.7 Å². The molecule has 0 aliphatic carbocycles. The third-order valence-corrected chi connectivity index (χ3v) is 4.44. The van der Waals surface area contributed by atoms with Crippen LogP contribution in [0.15, 0.2) is 18.7 Å². The monoisotopic (exact) mass is 307 g/mol. The normalized spacial score (nSPS) is 22.6. The predicted octanol–water partition coefficient (Wildman–Crippen LogP) is 2.18. The molecule has 1 amide bonds. The van der Waals surface area contributed by atoms with Gasteiger partial charge in [0.05, 0.1) is 18.8 Å². The molecule has 2 atom stereocenters. The number of rotatable bonds is 5. The third kappa shape index (κ3) is 4.08. The molecule has 0 saturated carbocycles. The van der Waals surface area contributed by atoms with Crippen molar-refractivity contribution in [2.45, 2.75) is 46.1 Å². The number of imidazole rings is 1. The number of carboxylic acid groups (broad SMARTS) is 1. The molecule has 0 radical (unpaired) electrons. The van der Waals surface area contributed by atoms with E-state index in [1.54, 1.807) is 12.5 Å². The Morgan fingerprint density at radius 3 is 2.68 bits per heavy atom. The lowest BCUT2D eigenvalue weighted by Crippen LogP contribution is -2.45. The summed E-state index contributed by atoms with van der Waals surface area (Å²) in [5.74, 6) is -0.324. The van der Waals surface area contributed by atoms with Crippen molar-refractivity contribution in [3.05, 3.63) is 18.7 Å². The van der Waals surface area contributed by atoms with Gasteiger partial charge < -0.3 is 14.6 Å². The zero-order valence-corrected chi connectivity index (χ0v) is 13.5. The summed E-state index contributed by atoms with van der Waals surface area (Å²) < 4.78 is 2.06. The summed E-state index contributed by atoms with van der Waals surface area (Å²) in [6, 6.07) is 0.239. The van der Waals surface area contributed by atoms with Crippen LogP contribution in [0.1, 0.15) is 46.1 Å². The van der Waals surface area contributed by atoms with Crippen molar-refractivity contribution in [3.63, 3.8) is 0 Å². The number of aliphatic carboxylic acids is 1. The number of aromatic nitrogens is 2. The average molecular weight is 307 g/mol. The van der Waals surface area contributed by atoms with E-state index in [9.17, 15) is 9.59 Å². The number of carboxylic acids is 1. The highest BCUT2D eigenvalue weighted by atomic mass is 16.4. The van der Waals surface area contributed by atoms with Crippen molar-refractivity contribution in [2.75, 3.05) is 13.1 Å². The molecule has 1 aromatic heterocycles. The van der Waals surface area contributed by atoms with Crippen LogP contribution in [0.4, 0.5) is 0 Å². The molecule has 22 heavy (non-hydrogen) atoms. The Kier molecular flexibility index (Phi) is 4.88. The van der Waals surface area contributed by atoms with Gasteiger partial charge in [-0.25, -0.2) is 4.98 Å². The minimum Gasteiger partial charge on any atom is -0.481 e. The smallest absolute Gasteiger partial charge is 0.303 e. The highest BCUT2D eigenvalue weighted by molar-refractivity contribution is 5.78. The number of nitrogens with zero attached hydrogens (tertiary/aromatic N) is 3. The number of carbonyl (C=O) groups excluding carboxylic acids is 1. The molecular formula is C16H25N3O3. The summed E-state index contributed by atoms with van der Waals surface area (Å²) in [6.45, 7) is 7.27. The lowest BCUT2D eigenvalue weighted by molar-refractivity contribution is -0.141. The third-order valence-electron chi connectivity index (χ3n) is 4.44. The van der Waals surface area contributed by atoms with Gasteiger partial charge in [0.15, 0.2) is 0 Å². The molecule has 2 rings (SSSR count). The van der Waals surface area contributed by atoms with E-state index >= 15 is 0 Å². The van der Waals surface area contributed by atoms with Crippen LogP contribution in [0.25, 0.3) is 0 Å². The van der Waals surface area contributed by atoms with Crippen LogP contribution in [0, 0.1) is 11.3 Å². The first kappa shape index (κ1) is 16.5. The molecule has 2 unspecified atom stereocenters. The Morgan fingerprint density at radius 2 is 2.09 bits per heavy atom. The fraction of sp³-hybridized carbons (Fsp3) is 0.688. The van der Waals surface area contributed by atoms with Gasteiger partial charge in [-0.05, 0) is 17.8 Å². The van der Waals surface area contributed by atoms with E-state index in [1.807, 2.05) is 24.9 Å². The Bertz CT molecular complexity index is 525. The van der Waals surface area contributed by atoms with Crippen molar-refractivity contribution >= 4 is 11.9 Å². The second kappa shape index (κ2) is 6.50. The number of carbonyl (C=O) groups is 2. The maximum Gasteiger partial charge on any atom is 0.303 e. The van der Waals surface area contributed by atoms with E-state index in [0.29, 0.717) is 12.5 Å². The highest BCUT2D eigenvalue weighted by Crippen LogP contribution is 2.31. The maximum absolute atomic E-state index is 12.5. The van der Waals surface area contributed by atoms with Crippen molar-refractivity contribution in [3.8, 4) is 0 Å². The number of amides is 1. The first-order chi connectivity index (χ1) is 10.3. The van der Waals surface area contributed by atoms with Gasteiger partial charge in [0, 0.05) is 31.9 Å². The fourth-order valence-corrected chi connectivity index (χ4v) is 3.12. The largest absolute Gasteiger partial charge is 0.481 e. The van der Waals surface area contributed by atoms with Gasteiger partial charge in [0.2, 0.25) is 5.91 Å². The van der Waals surface area contributed by atoms with E-state index in [4.69, 9.17) is 5.11 Å². The Labute approximate surface area is 131 Å². The minimum atomic E-state index is -0.860. The van der Waals surface area contributed by atoms with E-state index in [1.165, 1.54) is 0 Å². The van der Waals surface area contributed by atoms with E-state index in [2.05, 4.69) is 16.5 Å². The maximum atomic E-state index is 12.5. The standard InChI is InChI=1S/C16H25N3O3/c1-12-4-6-18(10-13(12)19-7-5-17-11-19)14(20)8-16(2,3)9-15(21)22/h5,7,11-13H,4,6,8-10H2,1-3H3,(H,21,22). The molecule has 1 saturated heterocycles. The average Bonchev–Trinajstić information content (AvgIpc) is 2.90. The molecule has 1 aliphatic heterocycles. The fourth-order valence-electron chi connectivity index (χ4n) is 3.12. The van der Waals surface area contributed by atoms with Gasteiger partial charge in [0.25, 0.3) is 0 Å². The second-order valence-corrected chi connectivity index (χ2v) is 7.09. The number of likely N-dealkylation sites (tertiary alicyclic amines) is 1. The van der Waals surface area contributed by atoms with Gasteiger partial charge in [-0.2, -0.15) is 0 Å². The first-order valence-electron chi connectivity index (χ1n) is 7.75. The van der Waals surface area contributed by atoms with E-state index in [-0.39, 0.29) is 24.8 Å². The molecule has 1 fully saturated rings. The van der Waals surface area contributed by atoms with E-state index < -0.39 is 11.4 Å². The molecular weight excluding hydrogens is 282 g/mol. The SMILES string of the molecule is CC1CCN(C(=O)CC(C)(C)CC(=O)O)CC1n1ccnc1. The Morgan fingerprint density at radius 1 is 1.36 bits per heavy atom. The highest BCUT2D eigenvalue weighted by Gasteiger charge is 2.33. The summed E-state index contributed by atoms with van der Waals surface area (Å²) in [5.41, 5.74) is -0.517. The molecule has 2 heterocycles. The summed E-state index contributed by atoms with van der Waals surface area (Å²) in [5, 5.41) is 8.94. The van der Waals surface area contributed by atoms with Crippen LogP contribution in [0.5, 0.6) is 0 Å². The summed E-state index contributed by atoms with van der Waals surface area (Å²) >= 11 is 0. The van der Waals surface area contributed by atoms with Gasteiger partial charge >= 0.3 is 5.97 Å². The van der Waals surface area contributed by atoms with Crippen molar-refractivity contribution in [1.29, 1.82) is 0 Å². The predicted molar refractivity (Wildman–Crippen MR) is 82.3 cm³/mol. The molecule has 0 bridgehead atoms. The quantitative estimate of drug-likeness (QED) is 0.904. The van der Waals surface area contributed by atoms with Gasteiger partial charge in [-0.15, -0.1) is 0 Å². The molecule has 0 spiro atoms. The van der Waals surface area contributed by atoms with Crippen LogP contribution in [0.2, 0.25) is 0 Å². The lowest BCUT2D eigenvalue weighted by Gasteiger charge is -2.38. The van der Waals surface area contributed by atoms with Crippen LogP contribution in [0.3, 0.4) is 0 Å². The molecule has 1 aromatic rings. The topological polar surface area (TPSA) is 75.4 Å². The number of hydrogen-bond acceptors (Lipinski definition) is 3. The minimum absolute atomic E-state index is 0.00787. The first-order valence-corrected chi connectivity index (χ1v) is 7.75. The molecule has 6 nitrogen and oxygen atoms in total. The molecule has 6 heteroatoms. The molecule has 1 N–H and O–H groups in total. The second-order valence-electron chi connectivity index (χ2n) is 7.09. The van der Waals surface area contributed by atoms with Crippen molar-refractivity contribution in [1.82, 2.24) is 14.5 Å². The number of piperidine rings is 1. The van der Waals surface area contributed by atoms with Crippen LogP contribution in [-0.4, -0.2) is 44.5 Å². The van der Waals surface area contributed by atoms with Crippen molar-refractivity contribution in [2.24, 2.45) is 11.3 Å². The Balaban J connectivity index is 2.00. The van der Waals surface area contributed by atoms with Crippen LogP contribution in [-0.2, 0) is 9.59 Å². The number of hydrogen-bond donors (Lipinski definition) is 1. The summed E-state index contributed by atoms with van der Waals surface area (Å²) in [4.78, 5) is 29.4. The van der Waals surface area contributed by atoms with Gasteiger partial charge in [-0.3, -0.25) is 9.59 Å². The zero-order chi connectivity index (χ0) is 16.3. The summed E-state index contributed by atoms with van der Waals surface area (Å²) in [6.07, 6.45) is 6.71. The molecule has 1 aliphatic rings.